The Kier molecular flexibility index (Phi) is 4.28. The van der Waals surface area contributed by atoms with Gasteiger partial charge < -0.3 is 15.4 Å². The molecule has 1 aliphatic heterocycles. The lowest BCUT2D eigenvalue weighted by atomic mass is 10.1. The van der Waals surface area contributed by atoms with Gasteiger partial charge in [0.05, 0.1) is 11.3 Å². The second kappa shape index (κ2) is 6.24. The number of anilines is 1. The third-order valence-electron chi connectivity index (χ3n) is 3.35. The molecule has 0 spiro atoms. The fraction of sp³-hybridized carbons (Fsp3) is 0.353. The number of nitrogens with one attached hydrogen (secondary N) is 2. The summed E-state index contributed by atoms with van der Waals surface area (Å²) in [6.45, 7) is 5.87. The van der Waals surface area contributed by atoms with E-state index in [1.807, 2.05) is 39.0 Å². The van der Waals surface area contributed by atoms with Crippen LogP contribution in [0.1, 0.15) is 31.2 Å². The molecule has 2 N–H and O–H groups in total. The molecule has 6 nitrogen and oxygen atoms in total. The molecule has 0 fully saturated rings. The zero-order valence-electron chi connectivity index (χ0n) is 13.8. The van der Waals surface area contributed by atoms with E-state index in [9.17, 15) is 9.59 Å². The molecule has 7 heteroatoms. The van der Waals surface area contributed by atoms with Crippen LogP contribution in [-0.4, -0.2) is 22.5 Å². The maximum atomic E-state index is 11.7. The largest absolute Gasteiger partial charge is 0.444 e. The molecule has 126 valence electrons. The number of carbonyl (C=O) groups is 2. The number of carbonyl (C=O) groups excluding carboxylic acids is 2. The highest BCUT2D eigenvalue weighted by atomic mass is 32.1. The number of amides is 2. The predicted octanol–water partition coefficient (Wildman–Crippen LogP) is 3.33. The topological polar surface area (TPSA) is 80.3 Å². The summed E-state index contributed by atoms with van der Waals surface area (Å²) in [4.78, 5) is 28.4. The number of hydrogen-bond donors (Lipinski definition) is 2. The van der Waals surface area contributed by atoms with Crippen molar-refractivity contribution >= 4 is 29.0 Å². The molecule has 3 rings (SSSR count). The minimum Gasteiger partial charge on any atom is -0.444 e. The summed E-state index contributed by atoms with van der Waals surface area (Å²) >= 11 is 1.47. The van der Waals surface area contributed by atoms with Crippen molar-refractivity contribution in [3.8, 4) is 10.6 Å². The molecule has 1 aliphatic rings. The van der Waals surface area contributed by atoms with Gasteiger partial charge in [0.1, 0.15) is 11.6 Å². The van der Waals surface area contributed by atoms with Crippen LogP contribution in [0.15, 0.2) is 24.4 Å². The molecule has 2 heterocycles. The first-order valence-corrected chi connectivity index (χ1v) is 8.44. The van der Waals surface area contributed by atoms with E-state index >= 15 is 0 Å². The van der Waals surface area contributed by atoms with Crippen molar-refractivity contribution in [2.45, 2.75) is 39.3 Å². The first-order chi connectivity index (χ1) is 11.3. The smallest absolute Gasteiger partial charge is 0.407 e. The minimum atomic E-state index is -0.445. The maximum Gasteiger partial charge on any atom is 0.407 e. The van der Waals surface area contributed by atoms with Gasteiger partial charge in [-0.05, 0) is 44.5 Å². The van der Waals surface area contributed by atoms with Gasteiger partial charge in [0.25, 0.3) is 0 Å². The molecular formula is C17H19N3O3S. The number of alkyl carbamates (subject to hydrolysis) is 1. The van der Waals surface area contributed by atoms with Crippen molar-refractivity contribution < 1.29 is 14.3 Å². The third kappa shape index (κ3) is 3.91. The third-order valence-corrected chi connectivity index (χ3v) is 4.37. The second-order valence-electron chi connectivity index (χ2n) is 6.68. The Morgan fingerprint density at radius 1 is 1.42 bits per heavy atom. The van der Waals surface area contributed by atoms with Crippen LogP contribution in [0.3, 0.4) is 0 Å². The summed E-state index contributed by atoms with van der Waals surface area (Å²) in [7, 11) is 0. The van der Waals surface area contributed by atoms with Crippen LogP contribution in [0.2, 0.25) is 0 Å². The molecule has 24 heavy (non-hydrogen) atoms. The van der Waals surface area contributed by atoms with Crippen molar-refractivity contribution in [2.24, 2.45) is 0 Å². The minimum absolute atomic E-state index is 0.0141. The molecule has 0 atom stereocenters. The van der Waals surface area contributed by atoms with Crippen molar-refractivity contribution in [3.63, 3.8) is 0 Å². The van der Waals surface area contributed by atoms with Crippen molar-refractivity contribution in [2.75, 3.05) is 5.32 Å². The molecule has 0 bridgehead atoms. The van der Waals surface area contributed by atoms with E-state index in [1.54, 1.807) is 6.20 Å². The molecule has 2 amide bonds. The van der Waals surface area contributed by atoms with Gasteiger partial charge in [0, 0.05) is 23.0 Å². The van der Waals surface area contributed by atoms with Crippen molar-refractivity contribution in [1.29, 1.82) is 0 Å². The van der Waals surface area contributed by atoms with E-state index in [0.29, 0.717) is 6.42 Å². The van der Waals surface area contributed by atoms with Gasteiger partial charge in [-0.1, -0.05) is 0 Å². The molecule has 2 aromatic rings. The zero-order chi connectivity index (χ0) is 17.3. The van der Waals surface area contributed by atoms with Crippen LogP contribution in [0.4, 0.5) is 10.5 Å². The molecule has 0 aliphatic carbocycles. The van der Waals surface area contributed by atoms with Crippen LogP contribution in [0.25, 0.3) is 10.6 Å². The van der Waals surface area contributed by atoms with Gasteiger partial charge in [0.15, 0.2) is 0 Å². The van der Waals surface area contributed by atoms with Crippen molar-refractivity contribution in [1.82, 2.24) is 10.3 Å². The molecule has 1 aromatic carbocycles. The number of hydrogen-bond acceptors (Lipinski definition) is 5. The highest BCUT2D eigenvalue weighted by molar-refractivity contribution is 7.15. The Labute approximate surface area is 144 Å². The first-order valence-electron chi connectivity index (χ1n) is 7.63. The number of ether oxygens (including phenoxy) is 1. The van der Waals surface area contributed by atoms with Crippen LogP contribution < -0.4 is 10.6 Å². The lowest BCUT2D eigenvalue weighted by molar-refractivity contribution is -0.115. The number of thiazole rings is 1. The summed E-state index contributed by atoms with van der Waals surface area (Å²) in [6, 6.07) is 5.80. The normalized spacial score (nSPS) is 13.4. The van der Waals surface area contributed by atoms with E-state index < -0.39 is 6.09 Å². The fourth-order valence-electron chi connectivity index (χ4n) is 2.35. The Balaban J connectivity index is 1.65. The van der Waals surface area contributed by atoms with E-state index in [2.05, 4.69) is 15.6 Å². The van der Waals surface area contributed by atoms with Gasteiger partial charge >= 0.3 is 6.09 Å². The summed E-state index contributed by atoms with van der Waals surface area (Å²) in [5.41, 5.74) is 2.48. The van der Waals surface area contributed by atoms with E-state index in [4.69, 9.17) is 4.74 Å². The van der Waals surface area contributed by atoms with Gasteiger partial charge in [-0.25, -0.2) is 9.78 Å². The van der Waals surface area contributed by atoms with Crippen molar-refractivity contribution in [3.05, 3.63) is 34.8 Å². The standard InChI is InChI=1S/C17H19N3O3S/c1-17(2,3)20-16(22)23-9-12-8-18-15(24-12)10-4-5-13-11(6-10)7-14(21)19-13/h4-6,8H,7,9H2,1-3H3,(H,19,21)(H,20,22). The summed E-state index contributed by atoms with van der Waals surface area (Å²) in [5, 5.41) is 6.40. The fourth-order valence-corrected chi connectivity index (χ4v) is 3.17. The quantitative estimate of drug-likeness (QED) is 0.894. The Morgan fingerprint density at radius 2 is 2.21 bits per heavy atom. The predicted molar refractivity (Wildman–Crippen MR) is 93.0 cm³/mol. The zero-order valence-corrected chi connectivity index (χ0v) is 14.6. The van der Waals surface area contributed by atoms with E-state index in [1.165, 1.54) is 11.3 Å². The average Bonchev–Trinajstić information content (AvgIpc) is 3.07. The molecule has 0 saturated carbocycles. The van der Waals surface area contributed by atoms with Gasteiger partial charge in [-0.2, -0.15) is 0 Å². The SMILES string of the molecule is CC(C)(C)NC(=O)OCc1cnc(-c2ccc3c(c2)CC(=O)N3)s1. The number of aromatic nitrogens is 1. The van der Waals surface area contributed by atoms with Crippen LogP contribution in [0.5, 0.6) is 0 Å². The molecule has 1 aromatic heterocycles. The van der Waals surface area contributed by atoms with Gasteiger partial charge in [-0.15, -0.1) is 11.3 Å². The van der Waals surface area contributed by atoms with E-state index in [0.717, 1.165) is 26.7 Å². The van der Waals surface area contributed by atoms with Crippen LogP contribution in [-0.2, 0) is 22.6 Å². The summed E-state index contributed by atoms with van der Waals surface area (Å²) < 4.78 is 5.21. The Hall–Kier alpha value is -2.41. The molecular weight excluding hydrogens is 326 g/mol. The number of benzene rings is 1. The first kappa shape index (κ1) is 16.4. The summed E-state index contributed by atoms with van der Waals surface area (Å²) in [5.74, 6) is 0.0141. The highest BCUT2D eigenvalue weighted by Crippen LogP contribution is 2.31. The van der Waals surface area contributed by atoms with Gasteiger partial charge in [0.2, 0.25) is 5.91 Å². The lowest BCUT2D eigenvalue weighted by Gasteiger charge is -2.19. The highest BCUT2D eigenvalue weighted by Gasteiger charge is 2.19. The maximum absolute atomic E-state index is 11.7. The number of fused-ring (bicyclic) bond motifs is 1. The number of rotatable bonds is 3. The number of nitrogens with zero attached hydrogens (tertiary/aromatic N) is 1. The lowest BCUT2D eigenvalue weighted by Crippen LogP contribution is -2.40. The average molecular weight is 345 g/mol. The van der Waals surface area contributed by atoms with Crippen LogP contribution >= 0.6 is 11.3 Å². The summed E-state index contributed by atoms with van der Waals surface area (Å²) in [6.07, 6.45) is 1.66. The second-order valence-corrected chi connectivity index (χ2v) is 7.79. The molecule has 0 saturated heterocycles. The monoisotopic (exact) mass is 345 g/mol. The van der Waals surface area contributed by atoms with Crippen LogP contribution in [0, 0.1) is 0 Å². The molecule has 0 radical (unpaired) electrons. The molecule has 0 unspecified atom stereocenters. The van der Waals surface area contributed by atoms with E-state index in [-0.39, 0.29) is 18.1 Å². The van der Waals surface area contributed by atoms with Gasteiger partial charge in [-0.3, -0.25) is 4.79 Å². The Morgan fingerprint density at radius 3 is 2.96 bits per heavy atom. The Bertz CT molecular complexity index is 793.